The molecule has 0 saturated heterocycles. The van der Waals surface area contributed by atoms with Gasteiger partial charge in [0.05, 0.1) is 17.2 Å². The van der Waals surface area contributed by atoms with E-state index in [9.17, 15) is 4.79 Å². The molecule has 0 aliphatic carbocycles. The van der Waals surface area contributed by atoms with Gasteiger partial charge in [-0.3, -0.25) is 9.79 Å². The lowest BCUT2D eigenvalue weighted by Gasteiger charge is -2.11. The Hall–Kier alpha value is -2.41. The van der Waals surface area contributed by atoms with Crippen molar-refractivity contribution in [3.63, 3.8) is 0 Å². The zero-order valence-electron chi connectivity index (χ0n) is 14.9. The zero-order valence-corrected chi connectivity index (χ0v) is 15.7. The Balaban J connectivity index is 1.66. The summed E-state index contributed by atoms with van der Waals surface area (Å²) >= 11 is 1.72. The van der Waals surface area contributed by atoms with Crippen molar-refractivity contribution in [3.8, 4) is 0 Å². The summed E-state index contributed by atoms with van der Waals surface area (Å²) in [5.74, 6) is 0.540. The second-order valence-electron chi connectivity index (χ2n) is 5.61. The van der Waals surface area contributed by atoms with Gasteiger partial charge in [0.25, 0.3) is 0 Å². The van der Waals surface area contributed by atoms with Gasteiger partial charge in [-0.1, -0.05) is 30.3 Å². The fraction of sp³-hybridized carbons (Fsp3) is 0.389. The van der Waals surface area contributed by atoms with Crippen molar-refractivity contribution in [2.45, 2.75) is 26.8 Å². The van der Waals surface area contributed by atoms with Gasteiger partial charge < -0.3 is 16.0 Å². The van der Waals surface area contributed by atoms with Gasteiger partial charge in [-0.2, -0.15) is 0 Å². The Morgan fingerprint density at radius 2 is 1.92 bits per heavy atom. The molecule has 25 heavy (non-hydrogen) atoms. The van der Waals surface area contributed by atoms with Crippen molar-refractivity contribution in [2.24, 2.45) is 4.99 Å². The molecule has 2 aromatic rings. The summed E-state index contributed by atoms with van der Waals surface area (Å²) in [7, 11) is 1.69. The number of benzene rings is 1. The van der Waals surface area contributed by atoms with E-state index in [4.69, 9.17) is 0 Å². The molecule has 0 saturated carbocycles. The number of carbonyl (C=O) groups excluding carboxylic acids is 1. The highest BCUT2D eigenvalue weighted by Gasteiger charge is 2.06. The molecule has 2 rings (SSSR count). The minimum Gasteiger partial charge on any atom is -0.356 e. The van der Waals surface area contributed by atoms with E-state index in [1.54, 1.807) is 18.4 Å². The van der Waals surface area contributed by atoms with Crippen LogP contribution in [0, 0.1) is 13.8 Å². The third kappa shape index (κ3) is 6.54. The van der Waals surface area contributed by atoms with Crippen LogP contribution < -0.4 is 16.0 Å². The second kappa shape index (κ2) is 9.78. The molecule has 0 aliphatic heterocycles. The lowest BCUT2D eigenvalue weighted by Crippen LogP contribution is -2.43. The van der Waals surface area contributed by atoms with Crippen LogP contribution in [0.5, 0.6) is 0 Å². The van der Waals surface area contributed by atoms with Crippen molar-refractivity contribution < 1.29 is 4.79 Å². The fourth-order valence-electron chi connectivity index (χ4n) is 2.18. The summed E-state index contributed by atoms with van der Waals surface area (Å²) in [5.41, 5.74) is 2.17. The molecule has 0 spiro atoms. The van der Waals surface area contributed by atoms with Crippen molar-refractivity contribution in [2.75, 3.05) is 20.1 Å². The first-order valence-electron chi connectivity index (χ1n) is 8.26. The van der Waals surface area contributed by atoms with E-state index in [1.165, 1.54) is 4.88 Å². The number of aliphatic imine (C=N–C) groups is 1. The van der Waals surface area contributed by atoms with E-state index in [-0.39, 0.29) is 12.5 Å². The topological polar surface area (TPSA) is 78.4 Å². The quantitative estimate of drug-likeness (QED) is 0.520. The number of amides is 1. The Labute approximate surface area is 152 Å². The molecule has 3 N–H and O–H groups in total. The van der Waals surface area contributed by atoms with Crippen LogP contribution in [0.1, 0.15) is 21.1 Å². The summed E-state index contributed by atoms with van der Waals surface area (Å²) in [6, 6.07) is 9.83. The molecule has 1 heterocycles. The van der Waals surface area contributed by atoms with E-state index < -0.39 is 0 Å². The maximum absolute atomic E-state index is 11.9. The summed E-state index contributed by atoms with van der Waals surface area (Å²) in [5, 5.41) is 10.2. The maximum atomic E-state index is 11.9. The van der Waals surface area contributed by atoms with Crippen LogP contribution in [-0.2, 0) is 17.8 Å². The number of nitrogens with one attached hydrogen (secondary N) is 3. The highest BCUT2D eigenvalue weighted by atomic mass is 32.1. The molecular weight excluding hydrogens is 334 g/mol. The summed E-state index contributed by atoms with van der Waals surface area (Å²) in [6.07, 6.45) is 0.834. The van der Waals surface area contributed by atoms with Crippen LogP contribution in [-0.4, -0.2) is 37.0 Å². The lowest BCUT2D eigenvalue weighted by atomic mass is 10.2. The fourth-order valence-corrected chi connectivity index (χ4v) is 3.11. The van der Waals surface area contributed by atoms with Crippen molar-refractivity contribution >= 4 is 23.2 Å². The first-order valence-corrected chi connectivity index (χ1v) is 9.08. The Morgan fingerprint density at radius 3 is 2.56 bits per heavy atom. The molecule has 0 fully saturated rings. The molecule has 1 amide bonds. The van der Waals surface area contributed by atoms with E-state index in [0.717, 1.165) is 29.2 Å². The van der Waals surface area contributed by atoms with E-state index in [2.05, 4.69) is 32.9 Å². The Bertz CT molecular complexity index is 692. The number of aryl methyl sites for hydroxylation is 2. The van der Waals surface area contributed by atoms with Crippen molar-refractivity contribution in [1.82, 2.24) is 20.9 Å². The molecule has 0 bridgehead atoms. The smallest absolute Gasteiger partial charge is 0.239 e. The summed E-state index contributed by atoms with van der Waals surface area (Å²) in [4.78, 5) is 21.8. The molecule has 0 radical (unpaired) electrons. The third-order valence-corrected chi connectivity index (χ3v) is 4.81. The SMILES string of the molecule is CN=C(NCCc1nc(C)c(C)s1)NCC(=O)NCc1ccccc1. The first kappa shape index (κ1) is 18.9. The van der Waals surface area contributed by atoms with E-state index in [0.29, 0.717) is 12.5 Å². The summed E-state index contributed by atoms with van der Waals surface area (Å²) in [6.45, 7) is 5.53. The molecule has 1 aromatic heterocycles. The number of nitrogens with zero attached hydrogens (tertiary/aromatic N) is 2. The minimum atomic E-state index is -0.0713. The minimum absolute atomic E-state index is 0.0713. The number of rotatable bonds is 7. The molecule has 0 aliphatic rings. The molecule has 7 heteroatoms. The van der Waals surface area contributed by atoms with Crippen LogP contribution in [0.3, 0.4) is 0 Å². The number of guanidine groups is 1. The zero-order chi connectivity index (χ0) is 18.1. The van der Waals surface area contributed by atoms with Crippen LogP contribution in [0.2, 0.25) is 0 Å². The predicted octanol–water partition coefficient (Wildman–Crippen LogP) is 1.78. The maximum Gasteiger partial charge on any atom is 0.239 e. The van der Waals surface area contributed by atoms with Gasteiger partial charge in [0.2, 0.25) is 5.91 Å². The molecule has 0 unspecified atom stereocenters. The van der Waals surface area contributed by atoms with Crippen LogP contribution >= 0.6 is 11.3 Å². The number of thiazole rings is 1. The Kier molecular flexibility index (Phi) is 7.40. The lowest BCUT2D eigenvalue weighted by molar-refractivity contribution is -0.120. The number of hydrogen-bond donors (Lipinski definition) is 3. The monoisotopic (exact) mass is 359 g/mol. The van der Waals surface area contributed by atoms with Crippen molar-refractivity contribution in [1.29, 1.82) is 0 Å². The van der Waals surface area contributed by atoms with Gasteiger partial charge >= 0.3 is 0 Å². The van der Waals surface area contributed by atoms with E-state index in [1.807, 2.05) is 37.3 Å². The van der Waals surface area contributed by atoms with E-state index >= 15 is 0 Å². The predicted molar refractivity (Wildman–Crippen MR) is 103 cm³/mol. The first-order chi connectivity index (χ1) is 12.1. The van der Waals surface area contributed by atoms with Gasteiger partial charge in [-0.15, -0.1) is 11.3 Å². The standard InChI is InChI=1S/C18H25N5OS/c1-13-14(2)25-17(23-13)9-10-20-18(19-3)22-12-16(24)21-11-15-7-5-4-6-8-15/h4-8H,9-12H2,1-3H3,(H,21,24)(H2,19,20,22). The third-order valence-electron chi connectivity index (χ3n) is 3.68. The van der Waals surface area contributed by atoms with Gasteiger partial charge in [0.1, 0.15) is 0 Å². The molecular formula is C18H25N5OS. The molecule has 134 valence electrons. The van der Waals surface area contributed by atoms with Gasteiger partial charge in [-0.05, 0) is 19.4 Å². The van der Waals surface area contributed by atoms with Crippen molar-refractivity contribution in [3.05, 3.63) is 51.5 Å². The van der Waals surface area contributed by atoms with Gasteiger partial charge in [0.15, 0.2) is 5.96 Å². The van der Waals surface area contributed by atoms with Crippen LogP contribution in [0.25, 0.3) is 0 Å². The number of hydrogen-bond acceptors (Lipinski definition) is 4. The molecule has 1 aromatic carbocycles. The number of aromatic nitrogens is 1. The average Bonchev–Trinajstić information content (AvgIpc) is 2.94. The van der Waals surface area contributed by atoms with Gasteiger partial charge in [0, 0.05) is 31.4 Å². The average molecular weight is 359 g/mol. The molecule has 6 nitrogen and oxygen atoms in total. The Morgan fingerprint density at radius 1 is 1.16 bits per heavy atom. The second-order valence-corrected chi connectivity index (χ2v) is 6.90. The largest absolute Gasteiger partial charge is 0.356 e. The van der Waals surface area contributed by atoms with Crippen LogP contribution in [0.15, 0.2) is 35.3 Å². The summed E-state index contributed by atoms with van der Waals surface area (Å²) < 4.78 is 0. The molecule has 0 atom stereocenters. The van der Waals surface area contributed by atoms with Crippen LogP contribution in [0.4, 0.5) is 0 Å². The normalized spacial score (nSPS) is 11.2. The van der Waals surface area contributed by atoms with Gasteiger partial charge in [-0.25, -0.2) is 4.98 Å². The highest BCUT2D eigenvalue weighted by Crippen LogP contribution is 2.16. The highest BCUT2D eigenvalue weighted by molar-refractivity contribution is 7.11. The number of carbonyl (C=O) groups is 1.